The van der Waals surface area contributed by atoms with Crippen molar-refractivity contribution in [2.75, 3.05) is 0 Å². The maximum atomic E-state index is 12.5. The van der Waals surface area contributed by atoms with E-state index in [1.165, 1.54) is 0 Å². The van der Waals surface area contributed by atoms with Crippen molar-refractivity contribution in [3.8, 4) is 0 Å². The zero-order chi connectivity index (χ0) is 13.5. The molecule has 2 rings (SSSR count). The van der Waals surface area contributed by atoms with Crippen LogP contribution in [0, 0.1) is 10.1 Å². The molecule has 1 heterocycles. The minimum atomic E-state index is -4.50. The Balaban J connectivity index is 2.69. The molecule has 94 valence electrons. The molecule has 0 amide bonds. The van der Waals surface area contributed by atoms with Crippen LogP contribution in [0.3, 0.4) is 0 Å². The highest BCUT2D eigenvalue weighted by Crippen LogP contribution is 2.35. The van der Waals surface area contributed by atoms with E-state index < -0.39 is 22.4 Å². The van der Waals surface area contributed by atoms with Crippen LogP contribution >= 0.6 is 11.6 Å². The quantitative estimate of drug-likeness (QED) is 0.588. The number of hydrogen-bond acceptors (Lipinski definition) is 3. The Morgan fingerprint density at radius 3 is 2.56 bits per heavy atom. The average Bonchev–Trinajstić information content (AvgIpc) is 2.27. The summed E-state index contributed by atoms with van der Waals surface area (Å²) in [6.07, 6.45) is -3.66. The molecule has 18 heavy (non-hydrogen) atoms. The van der Waals surface area contributed by atoms with Crippen LogP contribution in [0.2, 0.25) is 5.02 Å². The van der Waals surface area contributed by atoms with E-state index in [0.29, 0.717) is 0 Å². The van der Waals surface area contributed by atoms with Crippen LogP contribution in [0.4, 0.5) is 18.9 Å². The molecule has 1 aromatic carbocycles. The average molecular weight is 277 g/mol. The van der Waals surface area contributed by atoms with Gasteiger partial charge in [0.2, 0.25) is 0 Å². The zero-order valence-corrected chi connectivity index (χ0v) is 9.29. The highest BCUT2D eigenvalue weighted by atomic mass is 35.5. The van der Waals surface area contributed by atoms with Crippen molar-refractivity contribution in [1.82, 2.24) is 4.98 Å². The van der Waals surface area contributed by atoms with Crippen molar-refractivity contribution in [3.63, 3.8) is 0 Å². The summed E-state index contributed by atoms with van der Waals surface area (Å²) in [6, 6.07) is 2.67. The van der Waals surface area contributed by atoms with E-state index >= 15 is 0 Å². The summed E-state index contributed by atoms with van der Waals surface area (Å²) >= 11 is 5.74. The molecule has 0 saturated heterocycles. The Labute approximate surface area is 103 Å². The maximum absolute atomic E-state index is 12.5. The summed E-state index contributed by atoms with van der Waals surface area (Å²) in [5.41, 5.74) is -1.36. The molecule has 0 unspecified atom stereocenters. The van der Waals surface area contributed by atoms with Gasteiger partial charge in [-0.05, 0) is 12.1 Å². The Bertz CT molecular complexity index is 643. The minimum absolute atomic E-state index is 0.0413. The Hall–Kier alpha value is -1.89. The third-order valence-corrected chi connectivity index (χ3v) is 2.71. The molecule has 0 radical (unpaired) electrons. The van der Waals surface area contributed by atoms with Crippen molar-refractivity contribution in [2.24, 2.45) is 0 Å². The van der Waals surface area contributed by atoms with E-state index in [2.05, 4.69) is 4.98 Å². The van der Waals surface area contributed by atoms with Crippen molar-refractivity contribution in [1.29, 1.82) is 0 Å². The number of hydrogen-bond donors (Lipinski definition) is 0. The van der Waals surface area contributed by atoms with Crippen LogP contribution in [0.15, 0.2) is 24.4 Å². The van der Waals surface area contributed by atoms with E-state index in [1.807, 2.05) is 0 Å². The second kappa shape index (κ2) is 4.09. The van der Waals surface area contributed by atoms with Gasteiger partial charge in [-0.15, -0.1) is 0 Å². The van der Waals surface area contributed by atoms with Gasteiger partial charge in [-0.3, -0.25) is 10.1 Å². The largest absolute Gasteiger partial charge is 0.416 e. The molecule has 0 aliphatic heterocycles. The molecular formula is C10H4ClF3N2O2. The second-order valence-electron chi connectivity index (χ2n) is 3.44. The number of benzene rings is 1. The van der Waals surface area contributed by atoms with Gasteiger partial charge in [-0.1, -0.05) is 17.7 Å². The van der Waals surface area contributed by atoms with Crippen LogP contribution in [0.25, 0.3) is 10.9 Å². The van der Waals surface area contributed by atoms with Gasteiger partial charge in [0.1, 0.15) is 11.2 Å². The number of halogens is 4. The Morgan fingerprint density at radius 1 is 1.33 bits per heavy atom. The lowest BCUT2D eigenvalue weighted by atomic mass is 10.1. The van der Waals surface area contributed by atoms with Gasteiger partial charge < -0.3 is 0 Å². The molecule has 8 heteroatoms. The standard InChI is InChI=1S/C10H4ClF3N2O2/c11-9-6-2-1-5(10(12,13)14)3-7(6)15-4-8(9)16(17)18/h1-4H. The van der Waals surface area contributed by atoms with Crippen LogP contribution < -0.4 is 0 Å². The summed E-state index contributed by atoms with van der Waals surface area (Å²) in [7, 11) is 0. The number of nitro groups is 1. The summed E-state index contributed by atoms with van der Waals surface area (Å²) in [5, 5.41) is 10.5. The molecule has 0 fully saturated rings. The van der Waals surface area contributed by atoms with E-state index in [4.69, 9.17) is 11.6 Å². The molecular weight excluding hydrogens is 273 g/mol. The molecule has 0 aliphatic carbocycles. The number of fused-ring (bicyclic) bond motifs is 1. The fraction of sp³-hybridized carbons (Fsp3) is 0.100. The first kappa shape index (κ1) is 12.6. The van der Waals surface area contributed by atoms with Gasteiger partial charge in [0, 0.05) is 5.39 Å². The number of aromatic nitrogens is 1. The van der Waals surface area contributed by atoms with Gasteiger partial charge in [-0.2, -0.15) is 13.2 Å². The van der Waals surface area contributed by atoms with Gasteiger partial charge >= 0.3 is 11.9 Å². The van der Waals surface area contributed by atoms with E-state index in [1.54, 1.807) is 0 Å². The first-order valence-corrected chi connectivity index (χ1v) is 4.98. The molecule has 0 spiro atoms. The summed E-state index contributed by atoms with van der Waals surface area (Å²) in [4.78, 5) is 13.5. The molecule has 0 bridgehead atoms. The molecule has 4 nitrogen and oxygen atoms in total. The predicted octanol–water partition coefficient (Wildman–Crippen LogP) is 3.82. The zero-order valence-electron chi connectivity index (χ0n) is 8.53. The highest BCUT2D eigenvalue weighted by molar-refractivity contribution is 6.37. The fourth-order valence-electron chi connectivity index (χ4n) is 1.45. The third kappa shape index (κ3) is 2.08. The van der Waals surface area contributed by atoms with Gasteiger partial charge in [0.25, 0.3) is 0 Å². The van der Waals surface area contributed by atoms with E-state index in [9.17, 15) is 23.3 Å². The van der Waals surface area contributed by atoms with Crippen molar-refractivity contribution >= 4 is 28.2 Å². The van der Waals surface area contributed by atoms with Crippen molar-refractivity contribution in [3.05, 3.63) is 45.1 Å². The molecule has 2 aromatic rings. The van der Waals surface area contributed by atoms with Crippen LogP contribution in [0.1, 0.15) is 5.56 Å². The maximum Gasteiger partial charge on any atom is 0.416 e. The van der Waals surface area contributed by atoms with Gasteiger partial charge in [0.15, 0.2) is 0 Å². The number of pyridine rings is 1. The topological polar surface area (TPSA) is 56.0 Å². The molecule has 1 aromatic heterocycles. The molecule has 0 N–H and O–H groups in total. The van der Waals surface area contributed by atoms with Crippen molar-refractivity contribution < 1.29 is 18.1 Å². The number of alkyl halides is 3. The summed E-state index contributed by atoms with van der Waals surface area (Å²) in [5.74, 6) is 0. The monoisotopic (exact) mass is 276 g/mol. The summed E-state index contributed by atoms with van der Waals surface area (Å²) in [6.45, 7) is 0. The van der Waals surface area contributed by atoms with Crippen molar-refractivity contribution in [2.45, 2.75) is 6.18 Å². The second-order valence-corrected chi connectivity index (χ2v) is 3.82. The fourth-order valence-corrected chi connectivity index (χ4v) is 1.73. The SMILES string of the molecule is O=[N+]([O-])c1cnc2cc(C(F)(F)F)ccc2c1Cl. The third-order valence-electron chi connectivity index (χ3n) is 2.31. The Morgan fingerprint density at radius 2 is 2.00 bits per heavy atom. The molecule has 0 aliphatic rings. The number of nitrogens with zero attached hydrogens (tertiary/aromatic N) is 2. The smallest absolute Gasteiger partial charge is 0.258 e. The first-order chi connectivity index (χ1) is 8.30. The lowest BCUT2D eigenvalue weighted by Gasteiger charge is -2.07. The van der Waals surface area contributed by atoms with Crippen LogP contribution in [-0.4, -0.2) is 9.91 Å². The predicted molar refractivity (Wildman–Crippen MR) is 58.4 cm³/mol. The normalized spacial score (nSPS) is 11.8. The van der Waals surface area contributed by atoms with E-state index in [0.717, 1.165) is 24.4 Å². The summed E-state index contributed by atoms with van der Waals surface area (Å²) < 4.78 is 37.4. The first-order valence-electron chi connectivity index (χ1n) is 4.60. The van der Waals surface area contributed by atoms with Crippen LogP contribution in [0.5, 0.6) is 0 Å². The highest BCUT2D eigenvalue weighted by Gasteiger charge is 2.31. The van der Waals surface area contributed by atoms with E-state index in [-0.39, 0.29) is 15.9 Å². The number of rotatable bonds is 1. The Kier molecular flexibility index (Phi) is 2.86. The lowest BCUT2D eigenvalue weighted by Crippen LogP contribution is -2.04. The minimum Gasteiger partial charge on any atom is -0.258 e. The van der Waals surface area contributed by atoms with Gasteiger partial charge in [-0.25, -0.2) is 4.98 Å². The molecule has 0 atom stereocenters. The van der Waals surface area contributed by atoms with Crippen LogP contribution in [-0.2, 0) is 6.18 Å². The molecule has 0 saturated carbocycles. The lowest BCUT2D eigenvalue weighted by molar-refractivity contribution is -0.384. The van der Waals surface area contributed by atoms with Gasteiger partial charge in [0.05, 0.1) is 16.0 Å².